The Bertz CT molecular complexity index is 405. The van der Waals surface area contributed by atoms with Crippen molar-refractivity contribution in [2.75, 3.05) is 5.75 Å². The predicted molar refractivity (Wildman–Crippen MR) is 53.8 cm³/mol. The fourth-order valence-electron chi connectivity index (χ4n) is 1.18. The van der Waals surface area contributed by atoms with E-state index >= 15 is 0 Å². The fourth-order valence-corrected chi connectivity index (χ4v) is 1.92. The molecule has 1 aromatic heterocycles. The standard InChI is InChI=1S/C8H10F3N3O2S/c1-2-14-5(3-8(9,10)11)12-13-7(14)17-4-6(15)16/h2-4H2,1H3,(H,15,16). The highest BCUT2D eigenvalue weighted by molar-refractivity contribution is 7.99. The van der Waals surface area contributed by atoms with Gasteiger partial charge < -0.3 is 9.67 Å². The van der Waals surface area contributed by atoms with Gasteiger partial charge in [0, 0.05) is 6.54 Å². The Morgan fingerprint density at radius 1 is 1.47 bits per heavy atom. The Balaban J connectivity index is 2.83. The van der Waals surface area contributed by atoms with Crippen molar-refractivity contribution in [2.45, 2.75) is 31.2 Å². The molecule has 1 N–H and O–H groups in total. The minimum absolute atomic E-state index is 0.189. The third kappa shape index (κ3) is 4.25. The number of carbonyl (C=O) groups is 1. The summed E-state index contributed by atoms with van der Waals surface area (Å²) >= 11 is 0.849. The minimum atomic E-state index is -4.35. The summed E-state index contributed by atoms with van der Waals surface area (Å²) in [5.74, 6) is -1.52. The number of aliphatic carboxylic acids is 1. The van der Waals surface area contributed by atoms with Gasteiger partial charge in [0.2, 0.25) is 0 Å². The summed E-state index contributed by atoms with van der Waals surface area (Å²) in [5, 5.41) is 15.6. The largest absolute Gasteiger partial charge is 0.481 e. The molecule has 0 aromatic carbocycles. The molecule has 0 aliphatic heterocycles. The van der Waals surface area contributed by atoms with Gasteiger partial charge in [-0.1, -0.05) is 11.8 Å². The molecular weight excluding hydrogens is 259 g/mol. The summed E-state index contributed by atoms with van der Waals surface area (Å²) in [6.45, 7) is 1.91. The van der Waals surface area contributed by atoms with Gasteiger partial charge in [-0.15, -0.1) is 10.2 Å². The lowest BCUT2D eigenvalue weighted by atomic mass is 10.4. The van der Waals surface area contributed by atoms with Crippen LogP contribution in [0.25, 0.3) is 0 Å². The molecule has 0 spiro atoms. The molecule has 5 nitrogen and oxygen atoms in total. The van der Waals surface area contributed by atoms with Gasteiger partial charge in [-0.2, -0.15) is 13.2 Å². The topological polar surface area (TPSA) is 68.0 Å². The molecule has 0 saturated carbocycles. The van der Waals surface area contributed by atoms with Crippen LogP contribution in [0.3, 0.4) is 0 Å². The summed E-state index contributed by atoms with van der Waals surface area (Å²) in [5.41, 5.74) is 0. The Morgan fingerprint density at radius 2 is 2.12 bits per heavy atom. The molecule has 0 aliphatic rings. The number of rotatable bonds is 5. The van der Waals surface area contributed by atoms with Crippen LogP contribution >= 0.6 is 11.8 Å². The second kappa shape index (κ2) is 5.39. The number of thioether (sulfide) groups is 1. The van der Waals surface area contributed by atoms with Crippen LogP contribution < -0.4 is 0 Å². The Labute approximate surface area is 99.0 Å². The Morgan fingerprint density at radius 3 is 2.59 bits per heavy atom. The SMILES string of the molecule is CCn1c(CC(F)(F)F)nnc1SCC(=O)O. The van der Waals surface area contributed by atoms with Gasteiger partial charge in [-0.25, -0.2) is 0 Å². The lowest BCUT2D eigenvalue weighted by Crippen LogP contribution is -2.16. The lowest BCUT2D eigenvalue weighted by Gasteiger charge is -2.08. The maximum atomic E-state index is 12.2. The van der Waals surface area contributed by atoms with Gasteiger partial charge in [0.15, 0.2) is 5.16 Å². The van der Waals surface area contributed by atoms with Crippen LogP contribution in [0, 0.1) is 0 Å². The molecule has 0 fully saturated rings. The second-order valence-corrected chi connectivity index (χ2v) is 4.06. The van der Waals surface area contributed by atoms with Crippen LogP contribution in [-0.4, -0.2) is 37.8 Å². The number of carboxylic acid groups (broad SMARTS) is 1. The van der Waals surface area contributed by atoms with E-state index in [2.05, 4.69) is 10.2 Å². The number of halogens is 3. The molecule has 96 valence electrons. The smallest absolute Gasteiger partial charge is 0.396 e. The van der Waals surface area contributed by atoms with E-state index in [1.165, 1.54) is 4.57 Å². The van der Waals surface area contributed by atoms with Gasteiger partial charge in [-0.05, 0) is 6.92 Å². The van der Waals surface area contributed by atoms with Crippen molar-refractivity contribution in [3.8, 4) is 0 Å². The van der Waals surface area contributed by atoms with Crippen molar-refractivity contribution in [3.63, 3.8) is 0 Å². The molecule has 0 amide bonds. The third-order valence-corrected chi connectivity index (χ3v) is 2.74. The molecule has 0 aliphatic carbocycles. The highest BCUT2D eigenvalue weighted by atomic mass is 32.2. The first-order valence-electron chi connectivity index (χ1n) is 4.67. The maximum absolute atomic E-state index is 12.2. The first-order chi connectivity index (χ1) is 7.83. The quantitative estimate of drug-likeness (QED) is 0.822. The number of nitrogens with zero attached hydrogens (tertiary/aromatic N) is 3. The fraction of sp³-hybridized carbons (Fsp3) is 0.625. The Kier molecular flexibility index (Phi) is 4.38. The van der Waals surface area contributed by atoms with Crippen molar-refractivity contribution < 1.29 is 23.1 Å². The van der Waals surface area contributed by atoms with Crippen molar-refractivity contribution in [3.05, 3.63) is 5.82 Å². The monoisotopic (exact) mass is 269 g/mol. The highest BCUT2D eigenvalue weighted by Gasteiger charge is 2.31. The maximum Gasteiger partial charge on any atom is 0.396 e. The molecule has 9 heteroatoms. The van der Waals surface area contributed by atoms with E-state index in [9.17, 15) is 18.0 Å². The van der Waals surface area contributed by atoms with Crippen LogP contribution in [0.4, 0.5) is 13.2 Å². The third-order valence-electron chi connectivity index (χ3n) is 1.79. The molecule has 1 heterocycles. The van der Waals surface area contributed by atoms with Crippen LogP contribution in [0.5, 0.6) is 0 Å². The van der Waals surface area contributed by atoms with Gasteiger partial charge in [0.05, 0.1) is 5.75 Å². The normalized spacial score (nSPS) is 11.8. The van der Waals surface area contributed by atoms with E-state index < -0.39 is 18.6 Å². The molecule has 1 aromatic rings. The average Bonchev–Trinajstić information content (AvgIpc) is 2.54. The summed E-state index contributed by atoms with van der Waals surface area (Å²) in [4.78, 5) is 10.3. The first kappa shape index (κ1) is 13.8. The van der Waals surface area contributed by atoms with E-state index in [1.54, 1.807) is 6.92 Å². The zero-order valence-electron chi connectivity index (χ0n) is 8.86. The first-order valence-corrected chi connectivity index (χ1v) is 5.65. The van der Waals surface area contributed by atoms with Crippen molar-refractivity contribution in [2.24, 2.45) is 0 Å². The lowest BCUT2D eigenvalue weighted by molar-refractivity contribution is -0.134. The molecule has 0 atom stereocenters. The summed E-state index contributed by atoms with van der Waals surface area (Å²) in [6.07, 6.45) is -5.52. The summed E-state index contributed by atoms with van der Waals surface area (Å²) in [7, 11) is 0. The van der Waals surface area contributed by atoms with Crippen molar-refractivity contribution in [1.29, 1.82) is 0 Å². The van der Waals surface area contributed by atoms with Crippen molar-refractivity contribution in [1.82, 2.24) is 14.8 Å². The summed E-state index contributed by atoms with van der Waals surface area (Å²) < 4.78 is 37.9. The summed E-state index contributed by atoms with van der Waals surface area (Å²) in [6, 6.07) is 0. The number of alkyl halides is 3. The van der Waals surface area contributed by atoms with Crippen LogP contribution in [-0.2, 0) is 17.8 Å². The van der Waals surface area contributed by atoms with E-state index in [1.807, 2.05) is 0 Å². The number of hydrogen-bond acceptors (Lipinski definition) is 4. The average molecular weight is 269 g/mol. The second-order valence-electron chi connectivity index (χ2n) is 3.12. The van der Waals surface area contributed by atoms with Crippen LogP contribution in [0.2, 0.25) is 0 Å². The molecule has 0 saturated heterocycles. The number of carboxylic acids is 1. The van der Waals surface area contributed by atoms with Gasteiger partial charge in [0.1, 0.15) is 12.2 Å². The van der Waals surface area contributed by atoms with Crippen LogP contribution in [0.1, 0.15) is 12.7 Å². The molecule has 0 bridgehead atoms. The Hall–Kier alpha value is -1.25. The highest BCUT2D eigenvalue weighted by Crippen LogP contribution is 2.23. The molecular formula is C8H10F3N3O2S. The van der Waals surface area contributed by atoms with Gasteiger partial charge in [-0.3, -0.25) is 4.79 Å². The van der Waals surface area contributed by atoms with E-state index in [0.29, 0.717) is 0 Å². The zero-order valence-corrected chi connectivity index (χ0v) is 9.68. The number of aromatic nitrogens is 3. The molecule has 1 rings (SSSR count). The van der Waals surface area contributed by atoms with Gasteiger partial charge >= 0.3 is 12.1 Å². The van der Waals surface area contributed by atoms with Crippen molar-refractivity contribution >= 4 is 17.7 Å². The van der Waals surface area contributed by atoms with Crippen LogP contribution in [0.15, 0.2) is 5.16 Å². The van der Waals surface area contributed by atoms with E-state index in [0.717, 1.165) is 11.8 Å². The predicted octanol–water partition coefficient (Wildman–Crippen LogP) is 1.58. The minimum Gasteiger partial charge on any atom is -0.481 e. The molecule has 0 unspecified atom stereocenters. The van der Waals surface area contributed by atoms with E-state index in [4.69, 9.17) is 5.11 Å². The van der Waals surface area contributed by atoms with E-state index in [-0.39, 0.29) is 23.3 Å². The van der Waals surface area contributed by atoms with Gasteiger partial charge in [0.25, 0.3) is 0 Å². The molecule has 0 radical (unpaired) electrons. The zero-order chi connectivity index (χ0) is 13.1. The number of hydrogen-bond donors (Lipinski definition) is 1. The molecule has 17 heavy (non-hydrogen) atoms.